The molecule has 2 atom stereocenters. The average molecular weight is 602 g/mol. The van der Waals surface area contributed by atoms with Crippen molar-refractivity contribution in [2.75, 3.05) is 6.61 Å². The molecule has 2 unspecified atom stereocenters. The second kappa shape index (κ2) is 34.8. The first-order valence-electron chi connectivity index (χ1n) is 18.3. The number of unbranched alkanes of at least 4 members (excludes halogenated alkanes) is 17. The molecule has 0 radical (unpaired) electrons. The summed E-state index contributed by atoms with van der Waals surface area (Å²) in [7, 11) is 0. The zero-order valence-electron chi connectivity index (χ0n) is 28.5. The predicted molar refractivity (Wildman–Crippen MR) is 188 cm³/mol. The quantitative estimate of drug-likeness (QED) is 0.0530. The van der Waals surface area contributed by atoms with Crippen LogP contribution in [0.4, 0.5) is 0 Å². The van der Waals surface area contributed by atoms with Gasteiger partial charge in [0.1, 0.15) is 0 Å². The average Bonchev–Trinajstić information content (AvgIpc) is 3.01. The molecular weight excluding hydrogens is 530 g/mol. The van der Waals surface area contributed by atoms with Gasteiger partial charge in [0.2, 0.25) is 5.91 Å². The van der Waals surface area contributed by atoms with E-state index >= 15 is 0 Å². The van der Waals surface area contributed by atoms with Crippen molar-refractivity contribution >= 4 is 5.91 Å². The number of carbonyl (C=O) groups excluding carboxylic acids is 1. The smallest absolute Gasteiger partial charge is 0.220 e. The fraction of sp³-hybridized carbons (Fsp3) is 0.769. The van der Waals surface area contributed by atoms with Crippen LogP contribution in [0.3, 0.4) is 0 Å². The van der Waals surface area contributed by atoms with E-state index in [1.54, 1.807) is 0 Å². The molecule has 4 nitrogen and oxygen atoms in total. The largest absolute Gasteiger partial charge is 0.394 e. The molecule has 0 rings (SSSR count). The molecule has 0 spiro atoms. The van der Waals surface area contributed by atoms with Crippen LogP contribution in [0, 0.1) is 0 Å². The summed E-state index contributed by atoms with van der Waals surface area (Å²) in [6.07, 6.45) is 45.9. The minimum absolute atomic E-state index is 0.0739. The van der Waals surface area contributed by atoms with E-state index in [2.05, 4.69) is 67.8 Å². The Bertz CT molecular complexity index is 697. The van der Waals surface area contributed by atoms with Crippen molar-refractivity contribution in [2.45, 2.75) is 187 Å². The Morgan fingerprint density at radius 2 is 1.02 bits per heavy atom. The minimum Gasteiger partial charge on any atom is -0.394 e. The molecule has 0 bridgehead atoms. The third kappa shape index (κ3) is 31.6. The van der Waals surface area contributed by atoms with E-state index in [-0.39, 0.29) is 12.5 Å². The zero-order chi connectivity index (χ0) is 31.5. The van der Waals surface area contributed by atoms with Gasteiger partial charge in [0.15, 0.2) is 0 Å². The van der Waals surface area contributed by atoms with Gasteiger partial charge in [-0.05, 0) is 51.4 Å². The molecule has 0 aliphatic rings. The lowest BCUT2D eigenvalue weighted by Crippen LogP contribution is -2.45. The van der Waals surface area contributed by atoms with Gasteiger partial charge >= 0.3 is 0 Å². The molecule has 0 saturated carbocycles. The number of rotatable bonds is 32. The maximum absolute atomic E-state index is 12.3. The lowest BCUT2D eigenvalue weighted by molar-refractivity contribution is -0.123. The van der Waals surface area contributed by atoms with Gasteiger partial charge in [-0.25, -0.2) is 0 Å². The SMILES string of the molecule is CC/C=C\C/C=C\C/C=C\C/C=C\CCCCC(=O)NC(CO)C(O)CCCCCCCCCCCCCCCCCC. The monoisotopic (exact) mass is 602 g/mol. The fourth-order valence-electron chi connectivity index (χ4n) is 5.29. The number of aliphatic hydroxyl groups excluding tert-OH is 2. The van der Waals surface area contributed by atoms with Crippen LogP contribution in [0.5, 0.6) is 0 Å². The molecule has 1 amide bonds. The number of nitrogens with one attached hydrogen (secondary N) is 1. The predicted octanol–water partition coefficient (Wildman–Crippen LogP) is 10.8. The highest BCUT2D eigenvalue weighted by Gasteiger charge is 2.19. The van der Waals surface area contributed by atoms with Gasteiger partial charge in [0, 0.05) is 6.42 Å². The maximum Gasteiger partial charge on any atom is 0.220 e. The van der Waals surface area contributed by atoms with Crippen molar-refractivity contribution in [3.8, 4) is 0 Å². The van der Waals surface area contributed by atoms with Crippen LogP contribution >= 0.6 is 0 Å². The minimum atomic E-state index is -0.676. The number of amides is 1. The Hall–Kier alpha value is -1.65. The van der Waals surface area contributed by atoms with Crippen molar-refractivity contribution in [3.63, 3.8) is 0 Å². The van der Waals surface area contributed by atoms with E-state index in [9.17, 15) is 15.0 Å². The summed E-state index contributed by atoms with van der Waals surface area (Å²) >= 11 is 0. The molecule has 43 heavy (non-hydrogen) atoms. The lowest BCUT2D eigenvalue weighted by atomic mass is 10.0. The zero-order valence-corrected chi connectivity index (χ0v) is 28.5. The normalized spacial score (nSPS) is 13.7. The molecule has 0 saturated heterocycles. The van der Waals surface area contributed by atoms with Crippen LogP contribution in [0.1, 0.15) is 174 Å². The van der Waals surface area contributed by atoms with E-state index in [1.165, 1.54) is 89.9 Å². The highest BCUT2D eigenvalue weighted by atomic mass is 16.3. The highest BCUT2D eigenvalue weighted by Crippen LogP contribution is 2.15. The topological polar surface area (TPSA) is 69.6 Å². The Morgan fingerprint density at radius 1 is 0.581 bits per heavy atom. The summed E-state index contributed by atoms with van der Waals surface area (Å²) < 4.78 is 0. The number of hydrogen-bond donors (Lipinski definition) is 3. The Kier molecular flexibility index (Phi) is 33.5. The van der Waals surface area contributed by atoms with Gasteiger partial charge < -0.3 is 15.5 Å². The number of allylic oxidation sites excluding steroid dienone is 8. The van der Waals surface area contributed by atoms with Crippen LogP contribution < -0.4 is 5.32 Å². The van der Waals surface area contributed by atoms with Crippen molar-refractivity contribution in [1.82, 2.24) is 5.32 Å². The van der Waals surface area contributed by atoms with E-state index in [0.717, 1.165) is 57.8 Å². The molecule has 0 aromatic rings. The third-order valence-corrected chi connectivity index (χ3v) is 8.10. The number of carbonyl (C=O) groups is 1. The van der Waals surface area contributed by atoms with E-state index in [1.807, 2.05) is 0 Å². The van der Waals surface area contributed by atoms with Crippen LogP contribution in [0.25, 0.3) is 0 Å². The first-order chi connectivity index (χ1) is 21.2. The second-order valence-corrected chi connectivity index (χ2v) is 12.3. The van der Waals surface area contributed by atoms with Gasteiger partial charge in [-0.2, -0.15) is 0 Å². The molecule has 4 heteroatoms. The Labute approximate surface area is 267 Å². The van der Waals surface area contributed by atoms with E-state index in [0.29, 0.717) is 12.8 Å². The summed E-state index contributed by atoms with van der Waals surface area (Å²) in [5, 5.41) is 23.0. The summed E-state index contributed by atoms with van der Waals surface area (Å²) in [5.74, 6) is -0.0739. The standard InChI is InChI=1S/C39H71NO3/c1-3-5-7-9-11-13-15-17-19-21-22-24-26-28-30-32-34-38(42)37(36-41)40-39(43)35-33-31-29-27-25-23-20-18-16-14-12-10-8-6-4-2/h6,8,12,14,18,20,25,27,37-38,41-42H,3-5,7,9-11,13,15-17,19,21-24,26,28-36H2,1-2H3,(H,40,43)/b8-6-,14-12-,20-18-,27-25-. The second-order valence-electron chi connectivity index (χ2n) is 12.3. The van der Waals surface area contributed by atoms with Crippen LogP contribution in [-0.4, -0.2) is 34.9 Å². The van der Waals surface area contributed by atoms with Crippen molar-refractivity contribution in [2.24, 2.45) is 0 Å². The van der Waals surface area contributed by atoms with Gasteiger partial charge in [-0.3, -0.25) is 4.79 Å². The van der Waals surface area contributed by atoms with Crippen LogP contribution in [0.15, 0.2) is 48.6 Å². The molecule has 0 aliphatic heterocycles. The van der Waals surface area contributed by atoms with Crippen LogP contribution in [0.2, 0.25) is 0 Å². The van der Waals surface area contributed by atoms with E-state index in [4.69, 9.17) is 0 Å². The lowest BCUT2D eigenvalue weighted by Gasteiger charge is -2.22. The van der Waals surface area contributed by atoms with Crippen molar-refractivity contribution in [1.29, 1.82) is 0 Å². The first-order valence-corrected chi connectivity index (χ1v) is 18.3. The third-order valence-electron chi connectivity index (χ3n) is 8.10. The Morgan fingerprint density at radius 3 is 1.49 bits per heavy atom. The molecule has 0 fully saturated rings. The summed E-state index contributed by atoms with van der Waals surface area (Å²) in [5.41, 5.74) is 0. The molecule has 0 aromatic carbocycles. The summed E-state index contributed by atoms with van der Waals surface area (Å²) in [4.78, 5) is 12.3. The maximum atomic E-state index is 12.3. The van der Waals surface area contributed by atoms with Crippen molar-refractivity contribution in [3.05, 3.63) is 48.6 Å². The molecule has 250 valence electrons. The summed E-state index contributed by atoms with van der Waals surface area (Å²) in [6.45, 7) is 4.21. The van der Waals surface area contributed by atoms with E-state index < -0.39 is 12.1 Å². The van der Waals surface area contributed by atoms with Crippen molar-refractivity contribution < 1.29 is 15.0 Å². The van der Waals surface area contributed by atoms with Gasteiger partial charge in [0.25, 0.3) is 0 Å². The van der Waals surface area contributed by atoms with Gasteiger partial charge in [-0.1, -0.05) is 165 Å². The molecular formula is C39H71NO3. The molecule has 0 aromatic heterocycles. The van der Waals surface area contributed by atoms with Gasteiger partial charge in [-0.15, -0.1) is 0 Å². The number of hydrogen-bond acceptors (Lipinski definition) is 3. The Balaban J connectivity index is 3.65. The molecule has 3 N–H and O–H groups in total. The van der Waals surface area contributed by atoms with Gasteiger partial charge in [0.05, 0.1) is 18.8 Å². The fourth-order valence-corrected chi connectivity index (χ4v) is 5.29. The van der Waals surface area contributed by atoms with Crippen LogP contribution in [-0.2, 0) is 4.79 Å². The summed E-state index contributed by atoms with van der Waals surface area (Å²) in [6, 6.07) is -0.557. The number of aliphatic hydroxyl groups is 2. The highest BCUT2D eigenvalue weighted by molar-refractivity contribution is 5.76. The first kappa shape index (κ1) is 41.4. The molecule has 0 aliphatic carbocycles. The molecule has 0 heterocycles.